The topological polar surface area (TPSA) is 48.5 Å². The van der Waals surface area contributed by atoms with E-state index in [1.54, 1.807) is 12.1 Å². The summed E-state index contributed by atoms with van der Waals surface area (Å²) in [5.74, 6) is -1.07. The van der Waals surface area contributed by atoms with Crippen LogP contribution in [0.3, 0.4) is 0 Å². The number of rotatable bonds is 6. The largest absolute Gasteiger partial charge is 0.278 e. The van der Waals surface area contributed by atoms with Gasteiger partial charge in [-0.15, -0.1) is 0 Å². The quantitative estimate of drug-likeness (QED) is 0.171. The van der Waals surface area contributed by atoms with Crippen molar-refractivity contribution < 1.29 is 21.9 Å². The fourth-order valence-electron chi connectivity index (χ4n) is 7.21. The zero-order valence-corrected chi connectivity index (χ0v) is 29.1. The zero-order valence-electron chi connectivity index (χ0n) is 45.1. The Hall–Kier alpha value is -7.63. The van der Waals surface area contributed by atoms with Gasteiger partial charge in [-0.3, -0.25) is 9.13 Å². The van der Waals surface area contributed by atoms with Crippen LogP contribution in [0.15, 0.2) is 200 Å². The van der Waals surface area contributed by atoms with E-state index in [1.165, 1.54) is 0 Å². The first-order valence-electron chi connectivity index (χ1n) is 25.6. The second-order valence-corrected chi connectivity index (χ2v) is 12.9. The highest BCUT2D eigenvalue weighted by molar-refractivity contribution is 6.10. The minimum atomic E-state index is -0.696. The van der Waals surface area contributed by atoms with E-state index >= 15 is 0 Å². The van der Waals surface area contributed by atoms with Crippen molar-refractivity contribution >= 4 is 43.6 Å². The standard InChI is InChI=1S/C51H33N5/c1-2-15-34(16-3-1)37-17-14-18-38(33-37)40-20-5-4-19-39(40)35-29-31-36(32-30-35)49-52-50(55-45-25-10-6-21-41(45)42-22-7-11-26-46(42)55)54-51(53-49)56-47-27-12-8-23-43(47)44-24-9-13-28-48(44)56/h1-33H/i6D,7D,8D,9D,10D,11D,12D,13D,21D,22D,23D,24D,25D,26D,27D,28D. The smallest absolute Gasteiger partial charge is 0.240 e. The monoisotopic (exact) mass is 731 g/mol. The van der Waals surface area contributed by atoms with Gasteiger partial charge in [0.05, 0.1) is 44.0 Å². The minimum absolute atomic E-state index is 0.140. The first kappa shape index (κ1) is 19.6. The Bertz CT molecular complexity index is 3840. The van der Waals surface area contributed by atoms with Crippen molar-refractivity contribution in [1.29, 1.82) is 0 Å². The van der Waals surface area contributed by atoms with Gasteiger partial charge in [-0.2, -0.15) is 15.0 Å². The molecule has 8 aromatic carbocycles. The summed E-state index contributed by atoms with van der Waals surface area (Å²) in [6.45, 7) is 0. The molecule has 0 spiro atoms. The fraction of sp³-hybridized carbons (Fsp3) is 0. The normalized spacial score (nSPS) is 15.6. The lowest BCUT2D eigenvalue weighted by atomic mass is 9.92. The second kappa shape index (κ2) is 13.0. The first-order valence-corrected chi connectivity index (χ1v) is 17.6. The van der Waals surface area contributed by atoms with E-state index in [9.17, 15) is 5.48 Å². The van der Waals surface area contributed by atoms with E-state index in [4.69, 9.17) is 31.4 Å². The van der Waals surface area contributed by atoms with Crippen molar-refractivity contribution in [3.63, 3.8) is 0 Å². The maximum Gasteiger partial charge on any atom is 0.240 e. The SMILES string of the molecule is [2H]c1c([2H])c([2H])c2c(c1[2H])c1c([2H])c([2H])c([2H])c([2H])c1n2-c1nc(-c2ccc(-c3ccccc3-c3cccc(-c4ccccc4)c3)cc2)nc(-n2c3c([2H])c([2H])c([2H])c([2H])c3c3c([2H])c([2H])c([2H])c([2H])c32)n1. The Labute approximate surface area is 345 Å². The number of hydrogen-bond donors (Lipinski definition) is 0. The molecule has 262 valence electrons. The average Bonchev–Trinajstić information content (AvgIpc) is 3.97. The van der Waals surface area contributed by atoms with Gasteiger partial charge in [0, 0.05) is 27.1 Å². The van der Waals surface area contributed by atoms with E-state index in [-0.39, 0.29) is 49.4 Å². The lowest BCUT2D eigenvalue weighted by Crippen LogP contribution is -2.10. The molecule has 0 saturated carbocycles. The predicted octanol–water partition coefficient (Wildman–Crippen LogP) is 12.7. The molecule has 0 aliphatic rings. The molecule has 0 amide bonds. The number of aromatic nitrogens is 5. The van der Waals surface area contributed by atoms with Crippen LogP contribution >= 0.6 is 0 Å². The summed E-state index contributed by atoms with van der Waals surface area (Å²) in [5, 5.41) is -1.04. The number of benzene rings is 8. The third-order valence-electron chi connectivity index (χ3n) is 9.74. The molecule has 0 aliphatic heterocycles. The van der Waals surface area contributed by atoms with Crippen LogP contribution in [-0.4, -0.2) is 24.1 Å². The van der Waals surface area contributed by atoms with Crippen LogP contribution in [0.25, 0.3) is 100 Å². The van der Waals surface area contributed by atoms with Crippen molar-refractivity contribution in [2.75, 3.05) is 0 Å². The van der Waals surface area contributed by atoms with Gasteiger partial charge in [0.2, 0.25) is 11.9 Å². The molecule has 3 aromatic heterocycles. The van der Waals surface area contributed by atoms with Gasteiger partial charge in [-0.1, -0.05) is 170 Å². The molecule has 0 unspecified atom stereocenters. The molecule has 5 heteroatoms. The summed E-state index contributed by atoms with van der Waals surface area (Å²) in [5.41, 5.74) is 4.71. The molecule has 11 aromatic rings. The number of nitrogens with zero attached hydrogens (tertiary/aromatic N) is 5. The van der Waals surface area contributed by atoms with Gasteiger partial charge in [0.15, 0.2) is 5.82 Å². The van der Waals surface area contributed by atoms with Crippen LogP contribution < -0.4 is 0 Å². The van der Waals surface area contributed by atoms with E-state index in [0.717, 1.165) is 42.5 Å². The highest BCUT2D eigenvalue weighted by atomic mass is 15.3. The van der Waals surface area contributed by atoms with E-state index < -0.39 is 109 Å². The Morgan fingerprint density at radius 2 is 0.750 bits per heavy atom. The summed E-state index contributed by atoms with van der Waals surface area (Å²) in [6.07, 6.45) is 0. The lowest BCUT2D eigenvalue weighted by molar-refractivity contribution is 0.893. The van der Waals surface area contributed by atoms with Crippen molar-refractivity contribution in [2.24, 2.45) is 0 Å². The maximum absolute atomic E-state index is 9.18. The molecular weight excluding hydrogens is 683 g/mol. The highest BCUT2D eigenvalue weighted by Gasteiger charge is 2.20. The third-order valence-corrected chi connectivity index (χ3v) is 9.74. The van der Waals surface area contributed by atoms with Crippen LogP contribution in [-0.2, 0) is 0 Å². The summed E-state index contributed by atoms with van der Waals surface area (Å²) in [4.78, 5) is 14.4. The van der Waals surface area contributed by atoms with Crippen molar-refractivity contribution in [3.05, 3.63) is 200 Å². The predicted molar refractivity (Wildman–Crippen MR) is 230 cm³/mol. The van der Waals surface area contributed by atoms with Crippen LogP contribution in [0.4, 0.5) is 0 Å². The van der Waals surface area contributed by atoms with Crippen molar-refractivity contribution in [2.45, 2.75) is 0 Å². The molecule has 3 heterocycles. The van der Waals surface area contributed by atoms with Gasteiger partial charge in [0.1, 0.15) is 0 Å². The van der Waals surface area contributed by atoms with Crippen molar-refractivity contribution in [1.82, 2.24) is 24.1 Å². The van der Waals surface area contributed by atoms with E-state index in [0.29, 0.717) is 5.56 Å². The lowest BCUT2D eigenvalue weighted by Gasteiger charge is -2.14. The molecule has 11 rings (SSSR count). The number of fused-ring (bicyclic) bond motifs is 6. The van der Waals surface area contributed by atoms with Crippen LogP contribution in [0, 0.1) is 0 Å². The average molecular weight is 732 g/mol. The third kappa shape index (κ3) is 5.21. The molecular formula is C51H33N5. The molecule has 56 heavy (non-hydrogen) atoms. The number of hydrogen-bond acceptors (Lipinski definition) is 3. The molecule has 0 radical (unpaired) electrons. The Kier molecular flexibility index (Phi) is 4.57. The molecule has 0 atom stereocenters. The summed E-state index contributed by atoms with van der Waals surface area (Å²) in [6, 6.07) is 22.7. The summed E-state index contributed by atoms with van der Waals surface area (Å²) in [7, 11) is 0. The second-order valence-electron chi connectivity index (χ2n) is 12.9. The van der Waals surface area contributed by atoms with Crippen molar-refractivity contribution in [3.8, 4) is 56.7 Å². The highest BCUT2D eigenvalue weighted by Crippen LogP contribution is 2.37. The van der Waals surface area contributed by atoms with Crippen LogP contribution in [0.5, 0.6) is 0 Å². The Morgan fingerprint density at radius 3 is 1.27 bits per heavy atom. The van der Waals surface area contributed by atoms with E-state index in [2.05, 4.69) is 6.07 Å². The van der Waals surface area contributed by atoms with Crippen LogP contribution in [0.1, 0.15) is 21.9 Å². The Morgan fingerprint density at radius 1 is 0.339 bits per heavy atom. The first-order chi connectivity index (χ1) is 34.4. The van der Waals surface area contributed by atoms with Gasteiger partial charge in [-0.05, 0) is 63.6 Å². The van der Waals surface area contributed by atoms with Gasteiger partial charge in [0.25, 0.3) is 0 Å². The van der Waals surface area contributed by atoms with Gasteiger partial charge in [-0.25, -0.2) is 0 Å². The summed E-state index contributed by atoms with van der Waals surface area (Å²) < 4.78 is 144. The van der Waals surface area contributed by atoms with Gasteiger partial charge < -0.3 is 0 Å². The molecule has 0 aliphatic carbocycles. The molecule has 0 fully saturated rings. The van der Waals surface area contributed by atoms with Gasteiger partial charge >= 0.3 is 0 Å². The molecule has 0 bridgehead atoms. The minimum Gasteiger partial charge on any atom is -0.278 e. The molecule has 5 nitrogen and oxygen atoms in total. The summed E-state index contributed by atoms with van der Waals surface area (Å²) >= 11 is 0. The van der Waals surface area contributed by atoms with Crippen LogP contribution in [0.2, 0.25) is 0 Å². The maximum atomic E-state index is 9.18. The fourth-order valence-corrected chi connectivity index (χ4v) is 7.21. The van der Waals surface area contributed by atoms with E-state index in [1.807, 2.05) is 84.9 Å². The molecule has 0 saturated heterocycles. The molecule has 0 N–H and O–H groups in total. The Balaban J connectivity index is 1.23. The number of para-hydroxylation sites is 4. The zero-order chi connectivity index (χ0) is 50.9.